The Balaban J connectivity index is 1.76. The highest BCUT2D eigenvalue weighted by Gasteiger charge is 2.42. The number of aryl methyl sites for hydroxylation is 1. The second-order valence-corrected chi connectivity index (χ2v) is 6.65. The Bertz CT molecular complexity index is 1000. The van der Waals surface area contributed by atoms with Crippen LogP contribution in [0.25, 0.3) is 0 Å². The molecule has 0 spiro atoms. The zero-order valence-electron chi connectivity index (χ0n) is 16.4. The molecule has 9 heteroatoms. The lowest BCUT2D eigenvalue weighted by atomic mass is 10.1. The molecule has 0 saturated carbocycles. The predicted molar refractivity (Wildman–Crippen MR) is 107 cm³/mol. The van der Waals surface area contributed by atoms with E-state index in [4.69, 9.17) is 4.74 Å². The van der Waals surface area contributed by atoms with Gasteiger partial charge in [-0.3, -0.25) is 15.1 Å². The number of halogens is 1. The lowest BCUT2D eigenvalue weighted by molar-refractivity contribution is 0.217. The van der Waals surface area contributed by atoms with Gasteiger partial charge >= 0.3 is 6.03 Å². The van der Waals surface area contributed by atoms with Gasteiger partial charge in [-0.15, -0.1) is 0 Å². The number of ether oxygens (including phenoxy) is 1. The molecule has 0 radical (unpaired) electrons. The van der Waals surface area contributed by atoms with E-state index < -0.39 is 0 Å². The molecule has 2 aliphatic rings. The number of carbonyl (C=O) groups is 1. The Morgan fingerprint density at radius 2 is 2.03 bits per heavy atom. The maximum atomic E-state index is 13.4. The monoisotopic (exact) mass is 396 g/mol. The minimum atomic E-state index is -0.302. The van der Waals surface area contributed by atoms with Crippen molar-refractivity contribution >= 4 is 23.6 Å². The van der Waals surface area contributed by atoms with Crippen molar-refractivity contribution in [2.45, 2.75) is 19.9 Å². The molecule has 1 unspecified atom stereocenters. The zero-order valence-corrected chi connectivity index (χ0v) is 16.4. The number of fused-ring (bicyclic) bond motifs is 1. The number of rotatable bonds is 4. The summed E-state index contributed by atoms with van der Waals surface area (Å²) in [4.78, 5) is 29.6. The van der Waals surface area contributed by atoms with Crippen molar-refractivity contribution in [2.75, 3.05) is 20.2 Å². The number of aromatic nitrogens is 1. The van der Waals surface area contributed by atoms with Gasteiger partial charge in [0, 0.05) is 12.6 Å². The highest BCUT2D eigenvalue weighted by molar-refractivity contribution is 6.16. The van der Waals surface area contributed by atoms with Crippen LogP contribution in [0.1, 0.15) is 24.2 Å². The average Bonchev–Trinajstić information content (AvgIpc) is 3.15. The van der Waals surface area contributed by atoms with Crippen molar-refractivity contribution in [1.82, 2.24) is 20.1 Å². The van der Waals surface area contributed by atoms with Crippen LogP contribution < -0.4 is 10.1 Å². The van der Waals surface area contributed by atoms with Crippen LogP contribution in [0.5, 0.6) is 5.88 Å². The minimum Gasteiger partial charge on any atom is -0.481 e. The number of carbonyl (C=O) groups excluding carboxylic acids is 1. The van der Waals surface area contributed by atoms with E-state index in [9.17, 15) is 9.18 Å². The number of benzene rings is 1. The normalized spacial score (nSPS) is 19.9. The fourth-order valence-corrected chi connectivity index (χ4v) is 3.42. The standard InChI is InChI=1S/C20H21FN6O2/c1-4-26-19-22-11-16(13-5-7-14(21)8-6-13)27(19)18(25-20(26)28)24-15-9-10-17(29-3)23-12(15)2/h5-10,16H,4,11H2,1-3H3,(H,24,25,28). The summed E-state index contributed by atoms with van der Waals surface area (Å²) in [6.07, 6.45) is 0. The summed E-state index contributed by atoms with van der Waals surface area (Å²) in [5.74, 6) is 1.08. The van der Waals surface area contributed by atoms with Gasteiger partial charge in [0.1, 0.15) is 5.82 Å². The van der Waals surface area contributed by atoms with Gasteiger partial charge in [-0.1, -0.05) is 12.1 Å². The van der Waals surface area contributed by atoms with Gasteiger partial charge in [0.15, 0.2) is 0 Å². The van der Waals surface area contributed by atoms with Crippen LogP contribution in [0.2, 0.25) is 0 Å². The Morgan fingerprint density at radius 1 is 1.28 bits per heavy atom. The minimum absolute atomic E-state index is 0.203. The van der Waals surface area contributed by atoms with E-state index in [1.807, 2.05) is 18.7 Å². The van der Waals surface area contributed by atoms with Gasteiger partial charge in [0.05, 0.1) is 31.1 Å². The van der Waals surface area contributed by atoms with Crippen LogP contribution in [0.3, 0.4) is 0 Å². The molecule has 2 amide bonds. The summed E-state index contributed by atoms with van der Waals surface area (Å²) in [5.41, 5.74) is 2.16. The molecular formula is C20H21FN6O2. The molecule has 2 aliphatic heterocycles. The van der Waals surface area contributed by atoms with Crippen LogP contribution in [-0.2, 0) is 0 Å². The third-order valence-corrected chi connectivity index (χ3v) is 4.91. The van der Waals surface area contributed by atoms with Crippen molar-refractivity contribution in [3.63, 3.8) is 0 Å². The van der Waals surface area contributed by atoms with Gasteiger partial charge in [0.2, 0.25) is 17.8 Å². The van der Waals surface area contributed by atoms with E-state index in [2.05, 4.69) is 20.3 Å². The van der Waals surface area contributed by atoms with Crippen molar-refractivity contribution in [1.29, 1.82) is 0 Å². The summed E-state index contributed by atoms with van der Waals surface area (Å²) in [5, 5.41) is 2.85. The zero-order chi connectivity index (χ0) is 20.5. The number of nitrogens with one attached hydrogen (secondary N) is 1. The van der Waals surface area contributed by atoms with E-state index in [1.165, 1.54) is 12.1 Å². The van der Waals surface area contributed by atoms with Crippen LogP contribution in [0.4, 0.5) is 14.9 Å². The predicted octanol–water partition coefficient (Wildman–Crippen LogP) is 2.98. The first-order chi connectivity index (χ1) is 14.0. The van der Waals surface area contributed by atoms with E-state index in [0.29, 0.717) is 42.3 Å². The molecular weight excluding hydrogens is 375 g/mol. The molecule has 29 heavy (non-hydrogen) atoms. The van der Waals surface area contributed by atoms with Gasteiger partial charge in [0.25, 0.3) is 0 Å². The summed E-state index contributed by atoms with van der Waals surface area (Å²) in [6, 6.07) is 9.29. The average molecular weight is 396 g/mol. The smallest absolute Gasteiger partial charge is 0.330 e. The van der Waals surface area contributed by atoms with Gasteiger partial charge in [-0.25, -0.2) is 24.2 Å². The topological polar surface area (TPSA) is 82.4 Å². The van der Waals surface area contributed by atoms with Crippen LogP contribution in [0.15, 0.2) is 46.4 Å². The van der Waals surface area contributed by atoms with E-state index in [-0.39, 0.29) is 17.9 Å². The fourth-order valence-electron chi connectivity index (χ4n) is 3.42. The van der Waals surface area contributed by atoms with Crippen molar-refractivity contribution in [3.05, 3.63) is 53.5 Å². The molecule has 0 bridgehead atoms. The number of hydrogen-bond acceptors (Lipinski definition) is 5. The van der Waals surface area contributed by atoms with E-state index in [0.717, 1.165) is 5.56 Å². The van der Waals surface area contributed by atoms with Crippen LogP contribution >= 0.6 is 0 Å². The highest BCUT2D eigenvalue weighted by atomic mass is 19.1. The molecule has 1 N–H and O–H groups in total. The third kappa shape index (κ3) is 3.39. The number of hydrogen-bond donors (Lipinski definition) is 1. The number of methoxy groups -OCH3 is 1. The highest BCUT2D eigenvalue weighted by Crippen LogP contribution is 2.31. The summed E-state index contributed by atoms with van der Waals surface area (Å²) in [7, 11) is 1.55. The second-order valence-electron chi connectivity index (χ2n) is 6.65. The van der Waals surface area contributed by atoms with Crippen molar-refractivity contribution in [2.24, 2.45) is 9.98 Å². The number of aliphatic imine (C=N–C) groups is 2. The maximum Gasteiger partial charge on any atom is 0.330 e. The lowest BCUT2D eigenvalue weighted by Gasteiger charge is -2.38. The number of pyridine rings is 1. The molecule has 1 fully saturated rings. The van der Waals surface area contributed by atoms with E-state index >= 15 is 0 Å². The Kier molecular flexibility index (Phi) is 4.87. The van der Waals surface area contributed by atoms with Gasteiger partial charge in [-0.2, -0.15) is 0 Å². The molecule has 8 nitrogen and oxygen atoms in total. The molecule has 2 aromatic rings. The first-order valence-corrected chi connectivity index (χ1v) is 9.29. The molecule has 1 saturated heterocycles. The Labute approximate surface area is 167 Å². The fraction of sp³-hybridized carbons (Fsp3) is 0.300. The number of guanidine groups is 2. The molecule has 150 valence electrons. The SMILES string of the molecule is CCN1C(=O)NC(=Nc2ccc(OC)nc2C)N2C1=NCC2c1ccc(F)cc1. The Hall–Kier alpha value is -3.49. The van der Waals surface area contributed by atoms with Crippen molar-refractivity contribution < 1.29 is 13.9 Å². The van der Waals surface area contributed by atoms with Gasteiger partial charge < -0.3 is 4.74 Å². The molecule has 4 rings (SSSR count). The molecule has 3 heterocycles. The molecule has 0 aliphatic carbocycles. The summed E-state index contributed by atoms with van der Waals surface area (Å²) in [6.45, 7) is 4.60. The third-order valence-electron chi connectivity index (χ3n) is 4.91. The quantitative estimate of drug-likeness (QED) is 0.861. The Morgan fingerprint density at radius 3 is 2.69 bits per heavy atom. The number of nitrogens with zero attached hydrogens (tertiary/aromatic N) is 5. The van der Waals surface area contributed by atoms with Crippen molar-refractivity contribution in [3.8, 4) is 5.88 Å². The molecule has 1 atom stereocenters. The number of amides is 2. The second kappa shape index (κ2) is 7.50. The van der Waals surface area contributed by atoms with Crippen LogP contribution in [-0.4, -0.2) is 52.9 Å². The molecule has 1 aromatic heterocycles. The number of urea groups is 1. The largest absolute Gasteiger partial charge is 0.481 e. The summed E-state index contributed by atoms with van der Waals surface area (Å²) >= 11 is 0. The lowest BCUT2D eigenvalue weighted by Crippen LogP contribution is -2.62. The summed E-state index contributed by atoms with van der Waals surface area (Å²) < 4.78 is 18.5. The van der Waals surface area contributed by atoms with Gasteiger partial charge in [-0.05, 0) is 37.6 Å². The first kappa shape index (κ1) is 18.9. The van der Waals surface area contributed by atoms with E-state index in [1.54, 1.807) is 36.3 Å². The molecule has 1 aromatic carbocycles. The van der Waals surface area contributed by atoms with Crippen LogP contribution in [0, 0.1) is 12.7 Å². The maximum absolute atomic E-state index is 13.4. The first-order valence-electron chi connectivity index (χ1n) is 9.29.